The zero-order valence-corrected chi connectivity index (χ0v) is 9.76. The number of hydrogen-bond acceptors (Lipinski definition) is 2. The van der Waals surface area contributed by atoms with Gasteiger partial charge in [0.2, 0.25) is 0 Å². The van der Waals surface area contributed by atoms with Gasteiger partial charge in [0.05, 0.1) is 12.2 Å². The minimum absolute atomic E-state index is 0.113. The van der Waals surface area contributed by atoms with E-state index in [4.69, 9.17) is 4.74 Å². The molecule has 0 saturated carbocycles. The molecule has 86 valence electrons. The van der Waals surface area contributed by atoms with Crippen LogP contribution in [0.15, 0.2) is 36.4 Å². The van der Waals surface area contributed by atoms with Crippen LogP contribution in [0.3, 0.4) is 0 Å². The van der Waals surface area contributed by atoms with Gasteiger partial charge in [0, 0.05) is 0 Å². The molecule has 16 heavy (non-hydrogen) atoms. The van der Waals surface area contributed by atoms with Crippen molar-refractivity contribution in [3.05, 3.63) is 42.0 Å². The quantitative estimate of drug-likeness (QED) is 0.845. The van der Waals surface area contributed by atoms with Gasteiger partial charge in [-0.15, -0.1) is 0 Å². The summed E-state index contributed by atoms with van der Waals surface area (Å²) in [6.07, 6.45) is 2.48. The second-order valence-electron chi connectivity index (χ2n) is 4.23. The Morgan fingerprint density at radius 2 is 2.00 bits per heavy atom. The summed E-state index contributed by atoms with van der Waals surface area (Å²) in [5, 5.41) is 9.56. The van der Waals surface area contributed by atoms with Gasteiger partial charge < -0.3 is 9.84 Å². The minimum Gasteiger partial charge on any atom is -0.390 e. The first-order chi connectivity index (χ1) is 7.72. The van der Waals surface area contributed by atoms with E-state index in [0.717, 1.165) is 6.42 Å². The van der Waals surface area contributed by atoms with Crippen LogP contribution in [0.5, 0.6) is 0 Å². The summed E-state index contributed by atoms with van der Waals surface area (Å²) in [5.74, 6) is 0. The summed E-state index contributed by atoms with van der Waals surface area (Å²) in [5.41, 5.74) is 2.39. The molecule has 1 unspecified atom stereocenters. The molecule has 0 saturated heterocycles. The normalized spacial score (nSPS) is 26.6. The third kappa shape index (κ3) is 2.18. The van der Waals surface area contributed by atoms with E-state index in [0.29, 0.717) is 0 Å². The average molecular weight is 218 g/mol. The molecule has 0 radical (unpaired) electrons. The highest BCUT2D eigenvalue weighted by molar-refractivity contribution is 5.71. The van der Waals surface area contributed by atoms with Crippen LogP contribution in [0.1, 0.15) is 25.8 Å². The lowest BCUT2D eigenvalue weighted by Gasteiger charge is -2.16. The van der Waals surface area contributed by atoms with Gasteiger partial charge in [-0.05, 0) is 30.6 Å². The molecule has 2 heteroatoms. The molecule has 0 bridgehead atoms. The number of benzene rings is 1. The van der Waals surface area contributed by atoms with Crippen molar-refractivity contribution < 1.29 is 9.84 Å². The minimum atomic E-state index is -0.449. The predicted octanol–water partition coefficient (Wildman–Crippen LogP) is 2.63. The van der Waals surface area contributed by atoms with E-state index in [9.17, 15) is 5.11 Å². The largest absolute Gasteiger partial charge is 0.390 e. The first kappa shape index (κ1) is 11.4. The highest BCUT2D eigenvalue weighted by Gasteiger charge is 2.28. The molecule has 1 N–H and O–H groups in total. The second kappa shape index (κ2) is 4.81. The van der Waals surface area contributed by atoms with Gasteiger partial charge in [-0.1, -0.05) is 37.3 Å². The van der Waals surface area contributed by atoms with Crippen LogP contribution >= 0.6 is 0 Å². The van der Waals surface area contributed by atoms with Crippen molar-refractivity contribution in [3.63, 3.8) is 0 Å². The van der Waals surface area contributed by atoms with Gasteiger partial charge in [0.1, 0.15) is 6.10 Å². The molecule has 0 aromatic heterocycles. The number of rotatable bonds is 3. The Kier molecular flexibility index (Phi) is 3.42. The van der Waals surface area contributed by atoms with Gasteiger partial charge in [0.15, 0.2) is 0 Å². The van der Waals surface area contributed by atoms with Crippen LogP contribution in [0.25, 0.3) is 5.57 Å². The molecule has 0 aliphatic carbocycles. The number of hydrogen-bond donors (Lipinski definition) is 1. The molecule has 2 nitrogen and oxygen atoms in total. The molecule has 0 amide bonds. The lowest BCUT2D eigenvalue weighted by atomic mass is 9.99. The summed E-state index contributed by atoms with van der Waals surface area (Å²) in [4.78, 5) is 0. The number of aliphatic hydroxyl groups excluding tert-OH is 1. The summed E-state index contributed by atoms with van der Waals surface area (Å²) >= 11 is 0. The van der Waals surface area contributed by atoms with Crippen LogP contribution in [-0.4, -0.2) is 23.4 Å². The van der Waals surface area contributed by atoms with Crippen LogP contribution in [0.2, 0.25) is 0 Å². The van der Waals surface area contributed by atoms with Gasteiger partial charge >= 0.3 is 0 Å². The number of ether oxygens (including phenoxy) is 1. The maximum absolute atomic E-state index is 9.56. The number of aliphatic hydroxyl groups is 1. The summed E-state index contributed by atoms with van der Waals surface area (Å²) in [6.45, 7) is 3.87. The molecule has 2 rings (SSSR count). The Hall–Kier alpha value is -1.12. The summed E-state index contributed by atoms with van der Waals surface area (Å²) < 4.78 is 5.80. The topological polar surface area (TPSA) is 29.5 Å². The fourth-order valence-corrected chi connectivity index (χ4v) is 2.07. The van der Waals surface area contributed by atoms with Crippen LogP contribution in [-0.2, 0) is 4.74 Å². The molecular formula is C14H18O2. The Bertz CT molecular complexity index is 368. The van der Waals surface area contributed by atoms with E-state index in [1.807, 2.05) is 24.3 Å². The molecule has 0 fully saturated rings. The van der Waals surface area contributed by atoms with Gasteiger partial charge in [-0.3, -0.25) is 0 Å². The van der Waals surface area contributed by atoms with E-state index >= 15 is 0 Å². The Labute approximate surface area is 96.6 Å². The maximum atomic E-state index is 9.56. The smallest absolute Gasteiger partial charge is 0.103 e. The van der Waals surface area contributed by atoms with Crippen LogP contribution in [0.4, 0.5) is 0 Å². The third-order valence-electron chi connectivity index (χ3n) is 2.97. The Morgan fingerprint density at radius 1 is 1.31 bits per heavy atom. The monoisotopic (exact) mass is 218 g/mol. The molecule has 1 aromatic carbocycles. The molecule has 1 aliphatic rings. The molecule has 1 heterocycles. The Morgan fingerprint density at radius 3 is 2.56 bits per heavy atom. The summed E-state index contributed by atoms with van der Waals surface area (Å²) in [7, 11) is 0. The van der Waals surface area contributed by atoms with E-state index < -0.39 is 6.10 Å². The SMILES string of the molecule is CC[C@@H]1OC([C@H](C)O)C=C1c1ccccc1. The maximum Gasteiger partial charge on any atom is 0.103 e. The van der Waals surface area contributed by atoms with Crippen molar-refractivity contribution in [1.82, 2.24) is 0 Å². The average Bonchev–Trinajstić information content (AvgIpc) is 2.74. The standard InChI is InChI=1S/C14H18O2/c1-3-13-12(9-14(16-13)10(2)15)11-7-5-4-6-8-11/h4-10,13-15H,3H2,1-2H3/t10-,13-,14?/m0/s1. The fourth-order valence-electron chi connectivity index (χ4n) is 2.07. The van der Waals surface area contributed by atoms with Crippen LogP contribution in [0, 0.1) is 0 Å². The summed E-state index contributed by atoms with van der Waals surface area (Å²) in [6, 6.07) is 10.2. The van der Waals surface area contributed by atoms with Crippen molar-refractivity contribution in [2.45, 2.75) is 38.6 Å². The molecule has 3 atom stereocenters. The van der Waals surface area contributed by atoms with Crippen molar-refractivity contribution in [2.24, 2.45) is 0 Å². The molecule has 0 spiro atoms. The first-order valence-corrected chi connectivity index (χ1v) is 5.83. The molecule has 1 aliphatic heterocycles. The van der Waals surface area contributed by atoms with E-state index in [2.05, 4.69) is 19.1 Å². The van der Waals surface area contributed by atoms with E-state index in [-0.39, 0.29) is 12.2 Å². The highest BCUT2D eigenvalue weighted by Crippen LogP contribution is 2.31. The third-order valence-corrected chi connectivity index (χ3v) is 2.97. The van der Waals surface area contributed by atoms with Crippen molar-refractivity contribution in [3.8, 4) is 0 Å². The molecule has 1 aromatic rings. The van der Waals surface area contributed by atoms with E-state index in [1.165, 1.54) is 11.1 Å². The lowest BCUT2D eigenvalue weighted by Crippen LogP contribution is -2.23. The Balaban J connectivity index is 2.27. The van der Waals surface area contributed by atoms with Crippen LogP contribution < -0.4 is 0 Å². The van der Waals surface area contributed by atoms with Gasteiger partial charge in [0.25, 0.3) is 0 Å². The first-order valence-electron chi connectivity index (χ1n) is 5.83. The van der Waals surface area contributed by atoms with Crippen molar-refractivity contribution in [2.75, 3.05) is 0 Å². The highest BCUT2D eigenvalue weighted by atomic mass is 16.5. The molecular weight excluding hydrogens is 200 g/mol. The van der Waals surface area contributed by atoms with Gasteiger partial charge in [-0.25, -0.2) is 0 Å². The van der Waals surface area contributed by atoms with E-state index in [1.54, 1.807) is 6.92 Å². The fraction of sp³-hybridized carbons (Fsp3) is 0.429. The van der Waals surface area contributed by atoms with Crippen molar-refractivity contribution >= 4 is 5.57 Å². The van der Waals surface area contributed by atoms with Gasteiger partial charge in [-0.2, -0.15) is 0 Å². The zero-order chi connectivity index (χ0) is 11.5. The zero-order valence-electron chi connectivity index (χ0n) is 9.76. The second-order valence-corrected chi connectivity index (χ2v) is 4.23. The van der Waals surface area contributed by atoms with Crippen molar-refractivity contribution in [1.29, 1.82) is 0 Å². The lowest BCUT2D eigenvalue weighted by molar-refractivity contribution is -0.0120. The predicted molar refractivity (Wildman–Crippen MR) is 65.1 cm³/mol.